The van der Waals surface area contributed by atoms with Gasteiger partial charge in [0.25, 0.3) is 5.91 Å². The molecule has 3 rings (SSSR count). The van der Waals surface area contributed by atoms with Gasteiger partial charge in [-0.25, -0.2) is 4.39 Å². The molecule has 6 heteroatoms. The molecule has 1 saturated carbocycles. The zero-order valence-corrected chi connectivity index (χ0v) is 14.7. The third-order valence-corrected chi connectivity index (χ3v) is 5.60. The van der Waals surface area contributed by atoms with Crippen LogP contribution in [0.15, 0.2) is 18.2 Å². The highest BCUT2D eigenvalue weighted by molar-refractivity contribution is 6.31. The van der Waals surface area contributed by atoms with E-state index in [4.69, 9.17) is 11.6 Å². The van der Waals surface area contributed by atoms with Gasteiger partial charge in [0.15, 0.2) is 0 Å². The van der Waals surface area contributed by atoms with Gasteiger partial charge in [-0.3, -0.25) is 9.69 Å². The van der Waals surface area contributed by atoms with Crippen LogP contribution < -0.4 is 0 Å². The van der Waals surface area contributed by atoms with E-state index in [1.807, 2.05) is 7.05 Å². The Morgan fingerprint density at radius 1 is 1.42 bits per heavy atom. The molecular weight excluding hydrogens is 331 g/mol. The monoisotopic (exact) mass is 354 g/mol. The fourth-order valence-corrected chi connectivity index (χ4v) is 4.05. The van der Waals surface area contributed by atoms with Crippen molar-refractivity contribution in [1.29, 1.82) is 0 Å². The number of nitrogens with zero attached hydrogens (tertiary/aromatic N) is 2. The Bertz CT molecular complexity index is 601. The third-order valence-electron chi connectivity index (χ3n) is 5.31. The lowest BCUT2D eigenvalue weighted by molar-refractivity contribution is -0.0166. The van der Waals surface area contributed by atoms with E-state index in [0.717, 1.165) is 19.4 Å². The molecule has 24 heavy (non-hydrogen) atoms. The summed E-state index contributed by atoms with van der Waals surface area (Å²) in [6, 6.07) is 4.23. The molecule has 2 aliphatic rings. The first-order valence-electron chi connectivity index (χ1n) is 8.58. The molecule has 1 aliphatic heterocycles. The number of hydrogen-bond acceptors (Lipinski definition) is 3. The summed E-state index contributed by atoms with van der Waals surface area (Å²) >= 11 is 5.82. The molecule has 0 bridgehead atoms. The van der Waals surface area contributed by atoms with Crippen molar-refractivity contribution in [3.63, 3.8) is 0 Å². The first-order valence-corrected chi connectivity index (χ1v) is 8.96. The van der Waals surface area contributed by atoms with Gasteiger partial charge in [-0.1, -0.05) is 24.4 Å². The molecule has 0 aromatic heterocycles. The number of aliphatic hydroxyl groups excluding tert-OH is 1. The summed E-state index contributed by atoms with van der Waals surface area (Å²) in [5.41, 5.74) is 0.413. The first-order chi connectivity index (χ1) is 11.5. The van der Waals surface area contributed by atoms with E-state index in [9.17, 15) is 14.3 Å². The normalized spacial score (nSPS) is 20.8. The molecule has 1 aromatic carbocycles. The van der Waals surface area contributed by atoms with Crippen LogP contribution in [0.1, 0.15) is 36.0 Å². The second-order valence-electron chi connectivity index (χ2n) is 7.03. The van der Waals surface area contributed by atoms with Crippen molar-refractivity contribution in [2.45, 2.75) is 37.8 Å². The van der Waals surface area contributed by atoms with Gasteiger partial charge in [0, 0.05) is 38.3 Å². The quantitative estimate of drug-likeness (QED) is 0.884. The van der Waals surface area contributed by atoms with Crippen LogP contribution in [0, 0.1) is 11.7 Å². The van der Waals surface area contributed by atoms with Gasteiger partial charge < -0.3 is 10.0 Å². The Hall–Kier alpha value is -1.17. The van der Waals surface area contributed by atoms with Crippen molar-refractivity contribution in [3.8, 4) is 0 Å². The van der Waals surface area contributed by atoms with Crippen molar-refractivity contribution in [2.24, 2.45) is 5.92 Å². The molecule has 132 valence electrons. The Balaban J connectivity index is 1.74. The minimum absolute atomic E-state index is 0.0301. The van der Waals surface area contributed by atoms with E-state index in [2.05, 4.69) is 4.90 Å². The lowest BCUT2D eigenvalue weighted by Crippen LogP contribution is -2.57. The van der Waals surface area contributed by atoms with E-state index in [1.165, 1.54) is 31.0 Å². The standard InChI is InChI=1S/C18H24ClFN2O2/c1-21(18(24)13-6-7-16(20)15(19)8-13)17(12-4-2-3-5-12)11-22-9-14(23)10-22/h6-8,12,14,17,23H,2-5,9-11H2,1H3. The van der Waals surface area contributed by atoms with Crippen molar-refractivity contribution in [1.82, 2.24) is 9.80 Å². The zero-order valence-electron chi connectivity index (χ0n) is 13.9. The highest BCUT2D eigenvalue weighted by Gasteiger charge is 2.35. The lowest BCUT2D eigenvalue weighted by atomic mass is 9.94. The predicted molar refractivity (Wildman–Crippen MR) is 91.7 cm³/mol. The van der Waals surface area contributed by atoms with Gasteiger partial charge >= 0.3 is 0 Å². The summed E-state index contributed by atoms with van der Waals surface area (Å²) in [4.78, 5) is 16.8. The number of hydrogen-bond donors (Lipinski definition) is 1. The molecule has 1 heterocycles. The molecule has 1 N–H and O–H groups in total. The van der Waals surface area contributed by atoms with Crippen LogP contribution >= 0.6 is 11.6 Å². The average Bonchev–Trinajstić information content (AvgIpc) is 3.06. The topological polar surface area (TPSA) is 43.8 Å². The number of rotatable bonds is 5. The van der Waals surface area contributed by atoms with Crippen LogP contribution in [0.4, 0.5) is 4.39 Å². The number of likely N-dealkylation sites (tertiary alicyclic amines) is 1. The maximum Gasteiger partial charge on any atom is 0.253 e. The summed E-state index contributed by atoms with van der Waals surface area (Å²) in [5, 5.41) is 9.48. The fraction of sp³-hybridized carbons (Fsp3) is 0.611. The largest absolute Gasteiger partial charge is 0.390 e. The number of carbonyl (C=O) groups is 1. The van der Waals surface area contributed by atoms with Gasteiger partial charge in [-0.15, -0.1) is 0 Å². The van der Waals surface area contributed by atoms with E-state index in [0.29, 0.717) is 24.6 Å². The third kappa shape index (κ3) is 3.73. The molecular formula is C18H24ClFN2O2. The Labute approximate surface area is 147 Å². The van der Waals surface area contributed by atoms with E-state index in [-0.39, 0.29) is 23.1 Å². The van der Waals surface area contributed by atoms with Crippen molar-refractivity contribution >= 4 is 17.5 Å². The minimum atomic E-state index is -0.516. The van der Waals surface area contributed by atoms with E-state index in [1.54, 1.807) is 4.90 Å². The maximum atomic E-state index is 13.3. The van der Waals surface area contributed by atoms with Crippen LogP contribution in [0.3, 0.4) is 0 Å². The molecule has 1 aliphatic carbocycles. The van der Waals surface area contributed by atoms with E-state index < -0.39 is 5.82 Å². The number of halogens is 2. The molecule has 1 saturated heterocycles. The Morgan fingerprint density at radius 2 is 2.08 bits per heavy atom. The van der Waals surface area contributed by atoms with Crippen LogP contribution in [-0.2, 0) is 0 Å². The summed E-state index contributed by atoms with van der Waals surface area (Å²) in [5.74, 6) is -0.166. The summed E-state index contributed by atoms with van der Waals surface area (Å²) < 4.78 is 13.3. The molecule has 4 nitrogen and oxygen atoms in total. The van der Waals surface area contributed by atoms with Gasteiger partial charge in [-0.2, -0.15) is 0 Å². The van der Waals surface area contributed by atoms with Gasteiger partial charge in [0.2, 0.25) is 0 Å². The van der Waals surface area contributed by atoms with Crippen molar-refractivity contribution in [2.75, 3.05) is 26.7 Å². The molecule has 1 atom stereocenters. The molecule has 1 amide bonds. The van der Waals surface area contributed by atoms with Crippen LogP contribution in [0.2, 0.25) is 5.02 Å². The minimum Gasteiger partial charge on any atom is -0.390 e. The number of aliphatic hydroxyl groups is 1. The summed E-state index contributed by atoms with van der Waals surface area (Å²) in [7, 11) is 1.82. The highest BCUT2D eigenvalue weighted by atomic mass is 35.5. The number of benzene rings is 1. The smallest absolute Gasteiger partial charge is 0.253 e. The predicted octanol–water partition coefficient (Wildman–Crippen LogP) is 2.79. The first kappa shape index (κ1) is 17.6. The number of likely N-dealkylation sites (N-methyl/N-ethyl adjacent to an activating group) is 1. The van der Waals surface area contributed by atoms with Crippen LogP contribution in [0.5, 0.6) is 0 Å². The number of carbonyl (C=O) groups excluding carboxylic acids is 1. The Morgan fingerprint density at radius 3 is 2.67 bits per heavy atom. The van der Waals surface area contributed by atoms with Crippen LogP contribution in [0.25, 0.3) is 0 Å². The van der Waals surface area contributed by atoms with Gasteiger partial charge in [0.1, 0.15) is 5.82 Å². The lowest BCUT2D eigenvalue weighted by Gasteiger charge is -2.42. The van der Waals surface area contributed by atoms with Crippen LogP contribution in [-0.4, -0.2) is 59.6 Å². The van der Waals surface area contributed by atoms with Gasteiger partial charge in [0.05, 0.1) is 11.1 Å². The number of amides is 1. The summed E-state index contributed by atoms with van der Waals surface area (Å²) in [6.45, 7) is 2.13. The molecule has 0 radical (unpaired) electrons. The zero-order chi connectivity index (χ0) is 17.3. The second-order valence-corrected chi connectivity index (χ2v) is 7.44. The van der Waals surface area contributed by atoms with Crippen molar-refractivity contribution < 1.29 is 14.3 Å². The van der Waals surface area contributed by atoms with E-state index >= 15 is 0 Å². The Kier molecular flexibility index (Phi) is 5.42. The van der Waals surface area contributed by atoms with Crippen molar-refractivity contribution in [3.05, 3.63) is 34.6 Å². The molecule has 1 aromatic rings. The second kappa shape index (κ2) is 7.38. The molecule has 0 spiro atoms. The number of β-amino-alcohol motifs (C(OH)–C–C–N with tert-alkyl or cyclic N) is 1. The molecule has 2 fully saturated rings. The molecule has 1 unspecified atom stereocenters. The fourth-order valence-electron chi connectivity index (χ4n) is 3.87. The maximum absolute atomic E-state index is 13.3. The SMILES string of the molecule is CN(C(=O)c1ccc(F)c(Cl)c1)C(CN1CC(O)C1)C1CCCC1. The van der Waals surface area contributed by atoms with Gasteiger partial charge in [-0.05, 0) is 37.0 Å². The average molecular weight is 355 g/mol. The summed E-state index contributed by atoms with van der Waals surface area (Å²) in [6.07, 6.45) is 4.42. The highest BCUT2D eigenvalue weighted by Crippen LogP contribution is 2.32.